The van der Waals surface area contributed by atoms with Gasteiger partial charge in [-0.15, -0.1) is 0 Å². The van der Waals surface area contributed by atoms with Crippen LogP contribution < -0.4 is 5.73 Å². The summed E-state index contributed by atoms with van der Waals surface area (Å²) >= 11 is 6.08. The molecule has 1 aromatic rings. The minimum absolute atomic E-state index is 0.0162. The number of carbonyl (C=O) groups excluding carboxylic acids is 1. The number of nitrogens with zero attached hydrogens (tertiary/aromatic N) is 1. The van der Waals surface area contributed by atoms with Crippen molar-refractivity contribution in [3.8, 4) is 0 Å². The zero-order chi connectivity index (χ0) is 13.8. The maximum absolute atomic E-state index is 12.5. The molecule has 1 fully saturated rings. The van der Waals surface area contributed by atoms with Crippen LogP contribution in [0.2, 0.25) is 5.02 Å². The first-order valence-electron chi connectivity index (χ1n) is 6.45. The van der Waals surface area contributed by atoms with Crippen LogP contribution >= 0.6 is 11.6 Å². The molecular weight excluding hydrogens is 264 g/mol. The molecule has 1 heterocycles. The SMILES string of the molecule is COC1CCN(C(=O)c2ccccc2Cl)C(CN)C1. The molecule has 2 rings (SSSR count). The number of ether oxygens (including phenoxy) is 1. The van der Waals surface area contributed by atoms with E-state index in [0.717, 1.165) is 12.8 Å². The lowest BCUT2D eigenvalue weighted by molar-refractivity contribution is 0.0139. The lowest BCUT2D eigenvalue weighted by Crippen LogP contribution is -2.51. The Morgan fingerprint density at radius 1 is 1.53 bits per heavy atom. The lowest BCUT2D eigenvalue weighted by atomic mass is 9.98. The van der Waals surface area contributed by atoms with Gasteiger partial charge in [0.2, 0.25) is 0 Å². The third-order valence-corrected chi connectivity index (χ3v) is 3.97. The van der Waals surface area contributed by atoms with E-state index in [1.165, 1.54) is 0 Å². The monoisotopic (exact) mass is 282 g/mol. The number of rotatable bonds is 3. The molecule has 0 spiro atoms. The number of hydrogen-bond acceptors (Lipinski definition) is 3. The van der Waals surface area contributed by atoms with Gasteiger partial charge >= 0.3 is 0 Å². The second kappa shape index (κ2) is 6.37. The van der Waals surface area contributed by atoms with Crippen molar-refractivity contribution in [3.63, 3.8) is 0 Å². The van der Waals surface area contributed by atoms with Gasteiger partial charge in [0.1, 0.15) is 0 Å². The Labute approximate surface area is 118 Å². The molecule has 1 amide bonds. The van der Waals surface area contributed by atoms with E-state index in [1.807, 2.05) is 17.0 Å². The smallest absolute Gasteiger partial charge is 0.255 e. The lowest BCUT2D eigenvalue weighted by Gasteiger charge is -2.38. The number of amides is 1. The van der Waals surface area contributed by atoms with Gasteiger partial charge in [-0.1, -0.05) is 23.7 Å². The first-order valence-corrected chi connectivity index (χ1v) is 6.83. The Kier molecular flexibility index (Phi) is 4.80. The maximum Gasteiger partial charge on any atom is 0.255 e. The van der Waals surface area contributed by atoms with Gasteiger partial charge < -0.3 is 15.4 Å². The number of likely N-dealkylation sites (tertiary alicyclic amines) is 1. The van der Waals surface area contributed by atoms with Crippen molar-refractivity contribution < 1.29 is 9.53 Å². The highest BCUT2D eigenvalue weighted by molar-refractivity contribution is 6.33. The van der Waals surface area contributed by atoms with Crippen molar-refractivity contribution >= 4 is 17.5 Å². The van der Waals surface area contributed by atoms with Crippen molar-refractivity contribution in [1.29, 1.82) is 0 Å². The van der Waals surface area contributed by atoms with E-state index in [9.17, 15) is 4.79 Å². The summed E-state index contributed by atoms with van der Waals surface area (Å²) < 4.78 is 5.36. The van der Waals surface area contributed by atoms with E-state index in [0.29, 0.717) is 23.7 Å². The summed E-state index contributed by atoms with van der Waals surface area (Å²) in [5.74, 6) is -0.0457. The Morgan fingerprint density at radius 3 is 2.89 bits per heavy atom. The van der Waals surface area contributed by atoms with Crippen LogP contribution in [0.25, 0.3) is 0 Å². The van der Waals surface area contributed by atoms with Crippen LogP contribution in [0, 0.1) is 0 Å². The first kappa shape index (κ1) is 14.3. The third-order valence-electron chi connectivity index (χ3n) is 3.64. The molecule has 0 aromatic heterocycles. The molecule has 0 aliphatic carbocycles. The molecule has 1 aliphatic heterocycles. The first-order chi connectivity index (χ1) is 9.17. The quantitative estimate of drug-likeness (QED) is 0.921. The van der Waals surface area contributed by atoms with Gasteiger partial charge in [-0.3, -0.25) is 4.79 Å². The average Bonchev–Trinajstić information content (AvgIpc) is 2.46. The van der Waals surface area contributed by atoms with Gasteiger partial charge in [-0.25, -0.2) is 0 Å². The van der Waals surface area contributed by atoms with Gasteiger partial charge in [0.15, 0.2) is 0 Å². The second-order valence-corrected chi connectivity index (χ2v) is 5.16. The van der Waals surface area contributed by atoms with Crippen LogP contribution in [0.5, 0.6) is 0 Å². The highest BCUT2D eigenvalue weighted by Gasteiger charge is 2.31. The zero-order valence-electron chi connectivity index (χ0n) is 11.0. The van der Waals surface area contributed by atoms with Crippen molar-refractivity contribution in [3.05, 3.63) is 34.9 Å². The van der Waals surface area contributed by atoms with Crippen LogP contribution in [-0.2, 0) is 4.74 Å². The predicted octanol–water partition coefficient (Wildman–Crippen LogP) is 1.92. The summed E-state index contributed by atoms with van der Waals surface area (Å²) in [7, 11) is 1.70. The molecule has 1 aromatic carbocycles. The molecule has 4 nitrogen and oxygen atoms in total. The molecular formula is C14H19ClN2O2. The van der Waals surface area contributed by atoms with Gasteiger partial charge in [-0.05, 0) is 25.0 Å². The number of methoxy groups -OCH3 is 1. The summed E-state index contributed by atoms with van der Waals surface area (Å²) in [4.78, 5) is 14.3. The number of nitrogens with two attached hydrogens (primary N) is 1. The highest BCUT2D eigenvalue weighted by atomic mass is 35.5. The normalized spacial score (nSPS) is 23.4. The number of carbonyl (C=O) groups is 1. The van der Waals surface area contributed by atoms with Gasteiger partial charge in [0, 0.05) is 26.2 Å². The highest BCUT2D eigenvalue weighted by Crippen LogP contribution is 2.24. The van der Waals surface area contributed by atoms with Gasteiger partial charge in [0.25, 0.3) is 5.91 Å². The number of piperidine rings is 1. The molecule has 2 N–H and O–H groups in total. The summed E-state index contributed by atoms with van der Waals surface area (Å²) in [6.45, 7) is 1.10. The average molecular weight is 283 g/mol. The van der Waals surface area contributed by atoms with E-state index >= 15 is 0 Å². The summed E-state index contributed by atoms with van der Waals surface area (Å²) in [5, 5.41) is 0.483. The fourth-order valence-electron chi connectivity index (χ4n) is 2.51. The van der Waals surface area contributed by atoms with Crippen LogP contribution in [0.1, 0.15) is 23.2 Å². The number of halogens is 1. The van der Waals surface area contributed by atoms with Crippen LogP contribution in [0.3, 0.4) is 0 Å². The van der Waals surface area contributed by atoms with Crippen molar-refractivity contribution in [1.82, 2.24) is 4.90 Å². The molecule has 2 atom stereocenters. The van der Waals surface area contributed by atoms with Crippen molar-refractivity contribution in [2.45, 2.75) is 25.0 Å². The van der Waals surface area contributed by atoms with E-state index in [-0.39, 0.29) is 18.1 Å². The summed E-state index contributed by atoms with van der Waals surface area (Å²) in [5.41, 5.74) is 6.32. The summed E-state index contributed by atoms with van der Waals surface area (Å²) in [6, 6.07) is 7.13. The Balaban J connectivity index is 2.17. The summed E-state index contributed by atoms with van der Waals surface area (Å²) in [6.07, 6.45) is 1.80. The number of benzene rings is 1. The third kappa shape index (κ3) is 3.08. The Bertz CT molecular complexity index is 453. The molecule has 1 aliphatic rings. The molecule has 19 heavy (non-hydrogen) atoms. The fourth-order valence-corrected chi connectivity index (χ4v) is 2.73. The number of hydrogen-bond donors (Lipinski definition) is 1. The second-order valence-electron chi connectivity index (χ2n) is 4.75. The maximum atomic E-state index is 12.5. The molecule has 1 saturated heterocycles. The fraction of sp³-hybridized carbons (Fsp3) is 0.500. The van der Waals surface area contributed by atoms with Crippen molar-refractivity contribution in [2.24, 2.45) is 5.73 Å². The minimum Gasteiger partial charge on any atom is -0.381 e. The molecule has 0 saturated carbocycles. The zero-order valence-corrected chi connectivity index (χ0v) is 11.8. The molecule has 104 valence electrons. The van der Waals surface area contributed by atoms with Gasteiger partial charge in [0.05, 0.1) is 16.7 Å². The van der Waals surface area contributed by atoms with E-state index in [4.69, 9.17) is 22.1 Å². The minimum atomic E-state index is -0.0457. The molecule has 2 unspecified atom stereocenters. The van der Waals surface area contributed by atoms with Crippen LogP contribution in [-0.4, -0.2) is 43.2 Å². The van der Waals surface area contributed by atoms with Crippen LogP contribution in [0.4, 0.5) is 0 Å². The predicted molar refractivity (Wildman–Crippen MR) is 75.4 cm³/mol. The van der Waals surface area contributed by atoms with Gasteiger partial charge in [-0.2, -0.15) is 0 Å². The Morgan fingerprint density at radius 2 is 2.26 bits per heavy atom. The molecule has 0 radical (unpaired) electrons. The van der Waals surface area contributed by atoms with Crippen molar-refractivity contribution in [2.75, 3.05) is 20.2 Å². The largest absolute Gasteiger partial charge is 0.381 e. The van der Waals surface area contributed by atoms with Crippen LogP contribution in [0.15, 0.2) is 24.3 Å². The Hall–Kier alpha value is -1.10. The standard InChI is InChI=1S/C14H19ClN2O2/c1-19-11-6-7-17(10(8-11)9-16)14(18)12-4-2-3-5-13(12)15/h2-5,10-11H,6-9,16H2,1H3. The topological polar surface area (TPSA) is 55.6 Å². The molecule has 0 bridgehead atoms. The van der Waals surface area contributed by atoms with E-state index < -0.39 is 0 Å². The molecule has 5 heteroatoms. The van der Waals surface area contributed by atoms with E-state index in [1.54, 1.807) is 19.2 Å². The van der Waals surface area contributed by atoms with E-state index in [2.05, 4.69) is 0 Å².